The summed E-state index contributed by atoms with van der Waals surface area (Å²) in [6, 6.07) is 6.34. The predicted octanol–water partition coefficient (Wildman–Crippen LogP) is 4.53. The lowest BCUT2D eigenvalue weighted by molar-refractivity contribution is 0.0948. The SMILES string of the molecule is CNS(=O)(=O)Nc1c(F)ccc(Oc2c(C(=O)NC3CC3)c(Nc3ccc(I)cc3F)n(C)c(=O)c2C)c1Cl. The Morgan fingerprint density at radius 3 is 2.49 bits per heavy atom. The van der Waals surface area contributed by atoms with Gasteiger partial charge >= 0.3 is 0 Å². The van der Waals surface area contributed by atoms with Gasteiger partial charge < -0.3 is 15.4 Å². The zero-order chi connectivity index (χ0) is 28.6. The molecule has 39 heavy (non-hydrogen) atoms. The second-order valence-electron chi connectivity index (χ2n) is 8.68. The largest absolute Gasteiger partial charge is 0.454 e. The molecule has 1 aromatic heterocycles. The third-order valence-electron chi connectivity index (χ3n) is 5.86. The van der Waals surface area contributed by atoms with Crippen LogP contribution in [0.15, 0.2) is 35.1 Å². The van der Waals surface area contributed by atoms with E-state index in [1.54, 1.807) is 6.07 Å². The van der Waals surface area contributed by atoms with Crippen molar-refractivity contribution in [3.63, 3.8) is 0 Å². The number of hydrogen-bond donors (Lipinski definition) is 4. The molecule has 0 aliphatic heterocycles. The fourth-order valence-corrected chi connectivity index (χ4v) is 4.92. The first-order valence-electron chi connectivity index (χ1n) is 11.5. The lowest BCUT2D eigenvalue weighted by Crippen LogP contribution is -2.31. The number of ether oxygens (including phenoxy) is 1. The molecule has 4 rings (SSSR count). The number of aromatic nitrogens is 1. The van der Waals surface area contributed by atoms with Crippen molar-refractivity contribution in [1.82, 2.24) is 14.6 Å². The first-order chi connectivity index (χ1) is 18.3. The third-order valence-corrected chi connectivity index (χ3v) is 7.92. The van der Waals surface area contributed by atoms with E-state index in [-0.39, 0.29) is 40.2 Å². The van der Waals surface area contributed by atoms with Crippen molar-refractivity contribution in [2.75, 3.05) is 17.1 Å². The van der Waals surface area contributed by atoms with Gasteiger partial charge in [-0.15, -0.1) is 0 Å². The number of halogens is 4. The first kappa shape index (κ1) is 29.0. The molecule has 4 N–H and O–H groups in total. The van der Waals surface area contributed by atoms with Gasteiger partial charge in [-0.25, -0.2) is 13.5 Å². The second kappa shape index (κ2) is 11.3. The fourth-order valence-electron chi connectivity index (χ4n) is 3.60. The molecule has 208 valence electrons. The summed E-state index contributed by atoms with van der Waals surface area (Å²) in [5, 5.41) is 5.20. The molecular weight excluding hydrogens is 671 g/mol. The van der Waals surface area contributed by atoms with Crippen molar-refractivity contribution < 1.29 is 26.7 Å². The molecule has 1 fully saturated rings. The molecule has 15 heteroatoms. The summed E-state index contributed by atoms with van der Waals surface area (Å²) in [4.78, 5) is 26.7. The van der Waals surface area contributed by atoms with Crippen LogP contribution in [0.25, 0.3) is 0 Å². The minimum absolute atomic E-state index is 0.00395. The quantitative estimate of drug-likeness (QED) is 0.244. The number of nitrogens with zero attached hydrogens (tertiary/aromatic N) is 1. The van der Waals surface area contributed by atoms with Crippen LogP contribution in [0, 0.1) is 22.1 Å². The standard InChI is InChI=1S/C24H23ClF2IN5O5S/c1-11-21(38-17-9-7-14(26)20(19(17)25)32-39(36,37)29-2)18(23(34)30-13-5-6-13)22(33(3)24(11)35)31-16-8-4-12(28)10-15(16)27/h4,7-10,13,29,31-32H,5-6H2,1-3H3,(H,30,34). The van der Waals surface area contributed by atoms with Gasteiger partial charge in [-0.1, -0.05) is 11.6 Å². The number of rotatable bonds is 9. The number of carbonyl (C=O) groups excluding carboxylic acids is 1. The molecule has 1 heterocycles. The van der Waals surface area contributed by atoms with E-state index in [0.717, 1.165) is 36.6 Å². The third kappa shape index (κ3) is 6.28. The van der Waals surface area contributed by atoms with Gasteiger partial charge in [0.2, 0.25) is 0 Å². The number of hydrogen-bond acceptors (Lipinski definition) is 6. The van der Waals surface area contributed by atoms with Gasteiger partial charge in [0.05, 0.1) is 11.3 Å². The predicted molar refractivity (Wildman–Crippen MR) is 152 cm³/mol. The van der Waals surface area contributed by atoms with E-state index in [1.165, 1.54) is 26.1 Å². The smallest absolute Gasteiger partial charge is 0.298 e. The fraction of sp³-hybridized carbons (Fsp3) is 0.250. The summed E-state index contributed by atoms with van der Waals surface area (Å²) < 4.78 is 64.9. The molecule has 3 aromatic rings. The zero-order valence-corrected chi connectivity index (χ0v) is 24.5. The molecule has 0 unspecified atom stereocenters. The highest BCUT2D eigenvalue weighted by Gasteiger charge is 2.31. The highest BCUT2D eigenvalue weighted by atomic mass is 127. The first-order valence-corrected chi connectivity index (χ1v) is 14.4. The van der Waals surface area contributed by atoms with Gasteiger partial charge in [-0.05, 0) is 72.7 Å². The average molecular weight is 694 g/mol. The Bertz CT molecular complexity index is 1650. The van der Waals surface area contributed by atoms with E-state index in [2.05, 4.69) is 10.6 Å². The molecule has 0 radical (unpaired) electrons. The minimum Gasteiger partial charge on any atom is -0.454 e. The molecule has 0 saturated heterocycles. The maximum absolute atomic E-state index is 14.7. The lowest BCUT2D eigenvalue weighted by Gasteiger charge is -2.22. The van der Waals surface area contributed by atoms with Crippen molar-refractivity contribution in [2.24, 2.45) is 7.05 Å². The number of carbonyl (C=O) groups is 1. The molecule has 1 saturated carbocycles. The van der Waals surface area contributed by atoms with Gasteiger partial charge in [-0.3, -0.25) is 18.9 Å². The topological polar surface area (TPSA) is 131 Å². The van der Waals surface area contributed by atoms with Crippen LogP contribution in [0.3, 0.4) is 0 Å². The normalized spacial score (nSPS) is 13.2. The van der Waals surface area contributed by atoms with Crippen molar-refractivity contribution in [3.8, 4) is 11.5 Å². The summed E-state index contributed by atoms with van der Waals surface area (Å²) in [5.74, 6) is -2.73. The molecule has 1 aliphatic carbocycles. The van der Waals surface area contributed by atoms with Crippen molar-refractivity contribution in [3.05, 3.63) is 72.0 Å². The molecular formula is C24H23ClF2IN5O5S. The monoisotopic (exact) mass is 693 g/mol. The van der Waals surface area contributed by atoms with E-state index < -0.39 is 44.0 Å². The Morgan fingerprint density at radius 2 is 1.87 bits per heavy atom. The highest BCUT2D eigenvalue weighted by Crippen LogP contribution is 2.41. The van der Waals surface area contributed by atoms with Gasteiger partial charge in [-0.2, -0.15) is 8.42 Å². The van der Waals surface area contributed by atoms with E-state index in [0.29, 0.717) is 3.57 Å². The van der Waals surface area contributed by atoms with E-state index in [1.807, 2.05) is 32.0 Å². The van der Waals surface area contributed by atoms with Crippen LogP contribution in [0.1, 0.15) is 28.8 Å². The summed E-state index contributed by atoms with van der Waals surface area (Å²) in [7, 11) is -1.62. The maximum atomic E-state index is 14.7. The molecule has 0 spiro atoms. The van der Waals surface area contributed by atoms with Gasteiger partial charge in [0.15, 0.2) is 5.75 Å². The minimum atomic E-state index is -4.15. The highest BCUT2D eigenvalue weighted by molar-refractivity contribution is 14.1. The molecule has 0 atom stereocenters. The summed E-state index contributed by atoms with van der Waals surface area (Å²) >= 11 is 8.26. The van der Waals surface area contributed by atoms with Gasteiger partial charge in [0, 0.05) is 23.7 Å². The van der Waals surface area contributed by atoms with Crippen LogP contribution in [0.5, 0.6) is 11.5 Å². The van der Waals surface area contributed by atoms with Crippen LogP contribution in [0.2, 0.25) is 5.02 Å². The summed E-state index contributed by atoms with van der Waals surface area (Å²) in [5.41, 5.74) is -1.30. The van der Waals surface area contributed by atoms with Crippen LogP contribution < -0.4 is 30.4 Å². The Hall–Kier alpha value is -2.95. The number of nitrogens with one attached hydrogen (secondary N) is 4. The number of pyridine rings is 1. The van der Waals surface area contributed by atoms with Crippen molar-refractivity contribution in [1.29, 1.82) is 0 Å². The van der Waals surface area contributed by atoms with Crippen LogP contribution in [0.4, 0.5) is 26.0 Å². The zero-order valence-electron chi connectivity index (χ0n) is 20.8. The number of amides is 1. The molecule has 10 nitrogen and oxygen atoms in total. The Balaban J connectivity index is 1.89. The number of anilines is 3. The Labute approximate surface area is 241 Å². The Kier molecular flexibility index (Phi) is 8.39. The van der Waals surface area contributed by atoms with Crippen molar-refractivity contribution in [2.45, 2.75) is 25.8 Å². The van der Waals surface area contributed by atoms with Crippen LogP contribution >= 0.6 is 34.2 Å². The van der Waals surface area contributed by atoms with E-state index >= 15 is 0 Å². The van der Waals surface area contributed by atoms with E-state index in [9.17, 15) is 26.8 Å². The summed E-state index contributed by atoms with van der Waals surface area (Å²) in [6.45, 7) is 1.42. The maximum Gasteiger partial charge on any atom is 0.298 e. The van der Waals surface area contributed by atoms with Crippen LogP contribution in [-0.4, -0.2) is 32.0 Å². The molecule has 2 aromatic carbocycles. The van der Waals surface area contributed by atoms with Crippen molar-refractivity contribution >= 4 is 67.5 Å². The molecule has 0 bridgehead atoms. The van der Waals surface area contributed by atoms with E-state index in [4.69, 9.17) is 16.3 Å². The average Bonchev–Trinajstić information content (AvgIpc) is 3.70. The second-order valence-corrected chi connectivity index (χ2v) is 11.9. The van der Waals surface area contributed by atoms with Crippen LogP contribution in [-0.2, 0) is 17.3 Å². The molecule has 1 aliphatic rings. The van der Waals surface area contributed by atoms with Gasteiger partial charge in [0.25, 0.3) is 21.7 Å². The summed E-state index contributed by atoms with van der Waals surface area (Å²) in [6.07, 6.45) is 1.53. The molecule has 1 amide bonds. The lowest BCUT2D eigenvalue weighted by atomic mass is 10.1. The number of benzene rings is 2. The Morgan fingerprint density at radius 1 is 1.18 bits per heavy atom. The van der Waals surface area contributed by atoms with Gasteiger partial charge in [0.1, 0.15) is 39.5 Å².